The Bertz CT molecular complexity index is 244. The molecule has 3 heteroatoms. The summed E-state index contributed by atoms with van der Waals surface area (Å²) in [4.78, 5) is 2.46. The van der Waals surface area contributed by atoms with Gasteiger partial charge in [-0.05, 0) is 18.1 Å². The fraction of sp³-hybridized carbons (Fsp3) is 0.625. The quantitative estimate of drug-likeness (QED) is 0.632. The third-order valence-corrected chi connectivity index (χ3v) is 2.95. The Kier molecular flexibility index (Phi) is 1.92. The zero-order valence-corrected chi connectivity index (χ0v) is 7.52. The lowest BCUT2D eigenvalue weighted by molar-refractivity contribution is 0.267. The number of nitrogens with zero attached hydrogens (tertiary/aromatic N) is 2. The minimum Gasteiger partial charge on any atom is -0.299 e. The Hall–Kier alpha value is -0.410. The van der Waals surface area contributed by atoms with Crippen molar-refractivity contribution in [2.75, 3.05) is 13.1 Å². The Balaban J connectivity index is 2.18. The highest BCUT2D eigenvalue weighted by atomic mass is 32.1. The van der Waals surface area contributed by atoms with Gasteiger partial charge >= 0.3 is 0 Å². The molecule has 0 N–H and O–H groups in total. The minimum atomic E-state index is 1.11. The number of rotatable bonds is 1. The molecule has 1 aliphatic rings. The zero-order chi connectivity index (χ0) is 7.68. The molecule has 60 valence electrons. The predicted molar refractivity (Wildman–Crippen MR) is 46.8 cm³/mol. The standard InChI is InChI=1S/C8H12N2S/c1-2-10-4-3-8-7(5-10)6-11-9-8/h6H,2-5H2,1H3. The summed E-state index contributed by atoms with van der Waals surface area (Å²) in [5.74, 6) is 0. The van der Waals surface area contributed by atoms with Crippen LogP contribution in [0.4, 0.5) is 0 Å². The number of hydrogen-bond donors (Lipinski definition) is 0. The van der Waals surface area contributed by atoms with Gasteiger partial charge in [0.05, 0.1) is 5.69 Å². The van der Waals surface area contributed by atoms with Gasteiger partial charge in [0, 0.05) is 30.5 Å². The zero-order valence-electron chi connectivity index (χ0n) is 6.71. The van der Waals surface area contributed by atoms with Crippen LogP contribution in [0.2, 0.25) is 0 Å². The smallest absolute Gasteiger partial charge is 0.0599 e. The molecule has 0 atom stereocenters. The molecule has 2 nitrogen and oxygen atoms in total. The highest BCUT2D eigenvalue weighted by molar-refractivity contribution is 7.03. The summed E-state index contributed by atoms with van der Waals surface area (Å²) in [6, 6.07) is 0. The van der Waals surface area contributed by atoms with E-state index in [-0.39, 0.29) is 0 Å². The number of aromatic nitrogens is 1. The maximum Gasteiger partial charge on any atom is 0.0599 e. The molecule has 0 unspecified atom stereocenters. The number of likely N-dealkylation sites (N-methyl/N-ethyl adjacent to an activating group) is 1. The first-order valence-electron chi connectivity index (χ1n) is 4.04. The molecule has 11 heavy (non-hydrogen) atoms. The van der Waals surface area contributed by atoms with Crippen molar-refractivity contribution in [3.05, 3.63) is 16.6 Å². The van der Waals surface area contributed by atoms with Gasteiger partial charge in [-0.15, -0.1) is 0 Å². The maximum atomic E-state index is 4.34. The molecule has 0 radical (unpaired) electrons. The van der Waals surface area contributed by atoms with Crippen molar-refractivity contribution < 1.29 is 0 Å². The average Bonchev–Trinajstić information content (AvgIpc) is 2.50. The van der Waals surface area contributed by atoms with Crippen LogP contribution < -0.4 is 0 Å². The van der Waals surface area contributed by atoms with Gasteiger partial charge in [-0.2, -0.15) is 4.37 Å². The van der Waals surface area contributed by atoms with E-state index in [1.54, 1.807) is 11.5 Å². The van der Waals surface area contributed by atoms with E-state index in [2.05, 4.69) is 21.6 Å². The fourth-order valence-electron chi connectivity index (χ4n) is 1.47. The second-order valence-electron chi connectivity index (χ2n) is 2.91. The fourth-order valence-corrected chi connectivity index (χ4v) is 2.20. The van der Waals surface area contributed by atoms with E-state index in [0.717, 1.165) is 19.5 Å². The van der Waals surface area contributed by atoms with Gasteiger partial charge < -0.3 is 0 Å². The van der Waals surface area contributed by atoms with Crippen LogP contribution in [0.3, 0.4) is 0 Å². The van der Waals surface area contributed by atoms with Crippen molar-refractivity contribution in [3.8, 4) is 0 Å². The normalized spacial score (nSPS) is 18.3. The van der Waals surface area contributed by atoms with E-state index in [1.165, 1.54) is 17.8 Å². The third kappa shape index (κ3) is 1.30. The maximum absolute atomic E-state index is 4.34. The average molecular weight is 168 g/mol. The molecule has 0 bridgehead atoms. The van der Waals surface area contributed by atoms with Gasteiger partial charge in [0.1, 0.15) is 0 Å². The molecule has 0 saturated carbocycles. The molecule has 0 saturated heterocycles. The van der Waals surface area contributed by atoms with Crippen molar-refractivity contribution in [1.82, 2.24) is 9.27 Å². The lowest BCUT2D eigenvalue weighted by atomic mass is 10.1. The highest BCUT2D eigenvalue weighted by Gasteiger charge is 2.15. The van der Waals surface area contributed by atoms with E-state index < -0.39 is 0 Å². The molecular weight excluding hydrogens is 156 g/mol. The van der Waals surface area contributed by atoms with Gasteiger partial charge in [0.25, 0.3) is 0 Å². The van der Waals surface area contributed by atoms with E-state index in [0.29, 0.717) is 0 Å². The second kappa shape index (κ2) is 2.91. The van der Waals surface area contributed by atoms with Crippen LogP contribution in [0.15, 0.2) is 5.38 Å². The molecule has 2 rings (SSSR count). The summed E-state index contributed by atoms with van der Waals surface area (Å²) >= 11 is 1.59. The van der Waals surface area contributed by atoms with Crippen LogP contribution in [0, 0.1) is 0 Å². The Morgan fingerprint density at radius 2 is 2.64 bits per heavy atom. The van der Waals surface area contributed by atoms with Gasteiger partial charge in [-0.25, -0.2) is 0 Å². The van der Waals surface area contributed by atoms with Crippen LogP contribution >= 0.6 is 11.5 Å². The van der Waals surface area contributed by atoms with E-state index in [9.17, 15) is 0 Å². The second-order valence-corrected chi connectivity index (χ2v) is 3.53. The Labute approximate surface area is 71.0 Å². The summed E-state index contributed by atoms with van der Waals surface area (Å²) in [6.45, 7) is 5.68. The van der Waals surface area contributed by atoms with Crippen LogP contribution in [-0.4, -0.2) is 22.4 Å². The minimum absolute atomic E-state index is 1.11. The van der Waals surface area contributed by atoms with Crippen molar-refractivity contribution in [2.45, 2.75) is 19.9 Å². The van der Waals surface area contributed by atoms with Crippen molar-refractivity contribution in [1.29, 1.82) is 0 Å². The first-order valence-corrected chi connectivity index (χ1v) is 4.88. The van der Waals surface area contributed by atoms with Crippen LogP contribution in [0.25, 0.3) is 0 Å². The Morgan fingerprint density at radius 3 is 3.45 bits per heavy atom. The predicted octanol–water partition coefficient (Wildman–Crippen LogP) is 1.52. The van der Waals surface area contributed by atoms with E-state index in [4.69, 9.17) is 0 Å². The van der Waals surface area contributed by atoms with Crippen LogP contribution in [0.1, 0.15) is 18.2 Å². The SMILES string of the molecule is CCN1CCc2nscc2C1. The van der Waals surface area contributed by atoms with Gasteiger partial charge in [-0.1, -0.05) is 6.92 Å². The van der Waals surface area contributed by atoms with Crippen molar-refractivity contribution in [3.63, 3.8) is 0 Å². The molecule has 0 spiro atoms. The van der Waals surface area contributed by atoms with E-state index in [1.807, 2.05) is 0 Å². The lowest BCUT2D eigenvalue weighted by Crippen LogP contribution is -2.29. The Morgan fingerprint density at radius 1 is 1.73 bits per heavy atom. The van der Waals surface area contributed by atoms with Crippen LogP contribution in [-0.2, 0) is 13.0 Å². The molecule has 0 amide bonds. The van der Waals surface area contributed by atoms with Gasteiger partial charge in [-0.3, -0.25) is 4.90 Å². The summed E-state index contributed by atoms with van der Waals surface area (Å²) in [5.41, 5.74) is 2.78. The molecule has 1 aromatic heterocycles. The molecule has 2 heterocycles. The molecule has 0 aromatic carbocycles. The van der Waals surface area contributed by atoms with Crippen LogP contribution in [0.5, 0.6) is 0 Å². The van der Waals surface area contributed by atoms with Crippen molar-refractivity contribution >= 4 is 11.5 Å². The van der Waals surface area contributed by atoms with Crippen molar-refractivity contribution in [2.24, 2.45) is 0 Å². The monoisotopic (exact) mass is 168 g/mol. The third-order valence-electron chi connectivity index (χ3n) is 2.23. The topological polar surface area (TPSA) is 16.1 Å². The molecule has 0 aliphatic carbocycles. The van der Waals surface area contributed by atoms with Gasteiger partial charge in [0.15, 0.2) is 0 Å². The van der Waals surface area contributed by atoms with E-state index >= 15 is 0 Å². The molecule has 1 aliphatic heterocycles. The first-order chi connectivity index (χ1) is 5.40. The largest absolute Gasteiger partial charge is 0.299 e. The molecule has 1 aromatic rings. The summed E-state index contributed by atoms with van der Waals surface area (Å²) in [6.07, 6.45) is 1.15. The first kappa shape index (κ1) is 7.25. The highest BCUT2D eigenvalue weighted by Crippen LogP contribution is 2.18. The van der Waals surface area contributed by atoms with Gasteiger partial charge in [0.2, 0.25) is 0 Å². The molecular formula is C8H12N2S. The number of hydrogen-bond acceptors (Lipinski definition) is 3. The molecule has 0 fully saturated rings. The lowest BCUT2D eigenvalue weighted by Gasteiger charge is -2.24. The number of fused-ring (bicyclic) bond motifs is 1. The summed E-state index contributed by atoms with van der Waals surface area (Å²) in [5, 5.41) is 2.18. The summed E-state index contributed by atoms with van der Waals surface area (Å²) in [7, 11) is 0. The summed E-state index contributed by atoms with van der Waals surface area (Å²) < 4.78 is 4.34.